The number of rotatable bonds is 4. The number of ketones is 1. The largest absolute Gasteiger partial charge is 0.339 e. The summed E-state index contributed by atoms with van der Waals surface area (Å²) >= 11 is 0. The third kappa shape index (κ3) is 4.00. The number of benzene rings is 1. The maximum atomic E-state index is 12.7. The van der Waals surface area contributed by atoms with Crippen molar-refractivity contribution in [3.63, 3.8) is 0 Å². The lowest BCUT2D eigenvalue weighted by atomic mass is 9.89. The molecule has 1 N–H and O–H groups in total. The van der Waals surface area contributed by atoms with Crippen LogP contribution in [0.3, 0.4) is 0 Å². The SMILES string of the molecule is CC(=O)c1ccc(NC(=O)C(C)(C)C(=O)N2CCN(C)CC2)cc1. The van der Waals surface area contributed by atoms with Gasteiger partial charge in [0.05, 0.1) is 0 Å². The molecule has 1 aliphatic heterocycles. The van der Waals surface area contributed by atoms with Gasteiger partial charge in [-0.25, -0.2) is 0 Å². The zero-order chi connectivity index (χ0) is 17.9. The summed E-state index contributed by atoms with van der Waals surface area (Å²) in [5.41, 5.74) is 0.0137. The molecule has 130 valence electrons. The van der Waals surface area contributed by atoms with Gasteiger partial charge in [0.25, 0.3) is 0 Å². The lowest BCUT2D eigenvalue weighted by Gasteiger charge is -2.36. The number of carbonyl (C=O) groups is 3. The summed E-state index contributed by atoms with van der Waals surface area (Å²) in [4.78, 5) is 40.5. The Kier molecular flexibility index (Phi) is 5.39. The Balaban J connectivity index is 2.03. The number of amides is 2. The molecule has 0 unspecified atom stereocenters. The van der Waals surface area contributed by atoms with Gasteiger partial charge in [-0.3, -0.25) is 14.4 Å². The van der Waals surface area contributed by atoms with E-state index in [9.17, 15) is 14.4 Å². The van der Waals surface area contributed by atoms with Crippen LogP contribution in [0.25, 0.3) is 0 Å². The number of nitrogens with one attached hydrogen (secondary N) is 1. The van der Waals surface area contributed by atoms with Gasteiger partial charge in [-0.1, -0.05) is 0 Å². The maximum absolute atomic E-state index is 12.7. The van der Waals surface area contributed by atoms with E-state index in [0.29, 0.717) is 24.3 Å². The Labute approximate surface area is 142 Å². The van der Waals surface area contributed by atoms with Crippen molar-refractivity contribution in [2.75, 3.05) is 38.5 Å². The van der Waals surface area contributed by atoms with Gasteiger partial charge in [-0.05, 0) is 52.1 Å². The van der Waals surface area contributed by atoms with Crippen LogP contribution in [0.4, 0.5) is 5.69 Å². The summed E-state index contributed by atoms with van der Waals surface area (Å²) in [7, 11) is 2.02. The van der Waals surface area contributed by atoms with Crippen LogP contribution >= 0.6 is 0 Å². The molecule has 0 spiro atoms. The zero-order valence-corrected chi connectivity index (χ0v) is 14.8. The van der Waals surface area contributed by atoms with Crippen molar-refractivity contribution in [2.24, 2.45) is 5.41 Å². The summed E-state index contributed by atoms with van der Waals surface area (Å²) in [6.07, 6.45) is 0. The van der Waals surface area contributed by atoms with E-state index in [4.69, 9.17) is 0 Å². The predicted molar refractivity (Wildman–Crippen MR) is 92.9 cm³/mol. The van der Waals surface area contributed by atoms with Crippen molar-refractivity contribution in [1.82, 2.24) is 9.80 Å². The van der Waals surface area contributed by atoms with E-state index >= 15 is 0 Å². The van der Waals surface area contributed by atoms with Gasteiger partial charge in [0.1, 0.15) is 5.41 Å². The number of hydrogen-bond donors (Lipinski definition) is 1. The van der Waals surface area contributed by atoms with Gasteiger partial charge in [0, 0.05) is 37.4 Å². The van der Waals surface area contributed by atoms with Crippen molar-refractivity contribution in [1.29, 1.82) is 0 Å². The normalized spacial score (nSPS) is 15.9. The highest BCUT2D eigenvalue weighted by atomic mass is 16.2. The average molecular weight is 331 g/mol. The molecular weight excluding hydrogens is 306 g/mol. The van der Waals surface area contributed by atoms with Crippen LogP contribution in [0.2, 0.25) is 0 Å². The fourth-order valence-corrected chi connectivity index (χ4v) is 2.58. The first-order chi connectivity index (χ1) is 11.2. The van der Waals surface area contributed by atoms with E-state index in [-0.39, 0.29) is 17.6 Å². The van der Waals surface area contributed by atoms with Crippen molar-refractivity contribution < 1.29 is 14.4 Å². The fourth-order valence-electron chi connectivity index (χ4n) is 2.58. The topological polar surface area (TPSA) is 69.7 Å². The minimum atomic E-state index is -1.14. The van der Waals surface area contributed by atoms with Crippen molar-refractivity contribution in [3.05, 3.63) is 29.8 Å². The molecule has 6 heteroatoms. The highest BCUT2D eigenvalue weighted by Gasteiger charge is 2.39. The highest BCUT2D eigenvalue weighted by molar-refractivity contribution is 6.10. The van der Waals surface area contributed by atoms with Crippen molar-refractivity contribution in [3.8, 4) is 0 Å². The fraction of sp³-hybridized carbons (Fsp3) is 0.500. The van der Waals surface area contributed by atoms with Crippen LogP contribution in [0.1, 0.15) is 31.1 Å². The van der Waals surface area contributed by atoms with Crippen LogP contribution in [-0.4, -0.2) is 60.6 Å². The lowest BCUT2D eigenvalue weighted by molar-refractivity contribution is -0.147. The van der Waals surface area contributed by atoms with Crippen LogP contribution in [0, 0.1) is 5.41 Å². The molecule has 1 saturated heterocycles. The van der Waals surface area contributed by atoms with E-state index in [1.54, 1.807) is 43.0 Å². The van der Waals surface area contributed by atoms with Gasteiger partial charge in [-0.15, -0.1) is 0 Å². The van der Waals surface area contributed by atoms with Crippen LogP contribution in [0.15, 0.2) is 24.3 Å². The van der Waals surface area contributed by atoms with Gasteiger partial charge < -0.3 is 15.1 Å². The molecule has 0 saturated carbocycles. The zero-order valence-electron chi connectivity index (χ0n) is 14.8. The average Bonchev–Trinajstić information content (AvgIpc) is 2.55. The minimum Gasteiger partial charge on any atom is -0.339 e. The molecule has 1 aromatic carbocycles. The molecule has 0 aliphatic carbocycles. The Hall–Kier alpha value is -2.21. The Morgan fingerprint density at radius 1 is 1.00 bits per heavy atom. The molecule has 1 heterocycles. The lowest BCUT2D eigenvalue weighted by Crippen LogP contribution is -2.53. The standard InChI is InChI=1S/C18H25N3O3/c1-13(22)14-5-7-15(8-6-14)19-16(23)18(2,3)17(24)21-11-9-20(4)10-12-21/h5-8H,9-12H2,1-4H3,(H,19,23). The minimum absolute atomic E-state index is 0.0292. The van der Waals surface area contributed by atoms with E-state index in [2.05, 4.69) is 10.2 Å². The molecule has 1 fully saturated rings. The van der Waals surface area contributed by atoms with Gasteiger partial charge in [0.15, 0.2) is 5.78 Å². The number of anilines is 1. The molecule has 0 aromatic heterocycles. The van der Waals surface area contributed by atoms with Crippen LogP contribution in [0.5, 0.6) is 0 Å². The van der Waals surface area contributed by atoms with E-state index in [0.717, 1.165) is 13.1 Å². The first-order valence-electron chi connectivity index (χ1n) is 8.12. The second kappa shape index (κ2) is 7.13. The molecule has 2 amide bonds. The molecule has 1 aromatic rings. The molecule has 1 aliphatic rings. The van der Waals surface area contributed by atoms with E-state index in [1.807, 2.05) is 7.05 Å². The molecule has 0 bridgehead atoms. The molecule has 0 radical (unpaired) electrons. The first-order valence-corrected chi connectivity index (χ1v) is 8.12. The summed E-state index contributed by atoms with van der Waals surface area (Å²) in [5.74, 6) is -0.533. The monoisotopic (exact) mass is 331 g/mol. The Morgan fingerprint density at radius 2 is 1.54 bits per heavy atom. The van der Waals surface area contributed by atoms with Gasteiger partial charge in [0.2, 0.25) is 11.8 Å². The van der Waals surface area contributed by atoms with Crippen LogP contribution < -0.4 is 5.32 Å². The molecular formula is C18H25N3O3. The molecule has 2 rings (SSSR count). The molecule has 6 nitrogen and oxygen atoms in total. The Morgan fingerprint density at radius 3 is 2.04 bits per heavy atom. The summed E-state index contributed by atoms with van der Waals surface area (Å²) in [6.45, 7) is 7.69. The second-order valence-corrected chi connectivity index (χ2v) is 6.81. The smallest absolute Gasteiger partial charge is 0.239 e. The van der Waals surface area contributed by atoms with E-state index < -0.39 is 5.41 Å². The van der Waals surface area contributed by atoms with E-state index in [1.165, 1.54) is 6.92 Å². The second-order valence-electron chi connectivity index (χ2n) is 6.81. The number of nitrogens with zero attached hydrogens (tertiary/aromatic N) is 2. The number of Topliss-reactive ketones (excluding diaryl/α,β-unsaturated/α-hetero) is 1. The van der Waals surface area contributed by atoms with Crippen LogP contribution in [-0.2, 0) is 9.59 Å². The first kappa shape index (κ1) is 18.1. The highest BCUT2D eigenvalue weighted by Crippen LogP contribution is 2.23. The maximum Gasteiger partial charge on any atom is 0.239 e. The summed E-state index contributed by atoms with van der Waals surface area (Å²) in [6, 6.07) is 6.66. The molecule has 0 atom stereocenters. The predicted octanol–water partition coefficient (Wildman–Crippen LogP) is 1.63. The number of hydrogen-bond acceptors (Lipinski definition) is 4. The number of piperazine rings is 1. The third-order valence-electron chi connectivity index (χ3n) is 4.44. The Bertz CT molecular complexity index is 629. The third-order valence-corrected chi connectivity index (χ3v) is 4.44. The summed E-state index contributed by atoms with van der Waals surface area (Å²) in [5, 5.41) is 2.77. The molecule has 24 heavy (non-hydrogen) atoms. The number of carbonyl (C=O) groups excluding carboxylic acids is 3. The van der Waals surface area contributed by atoms with Gasteiger partial charge in [-0.2, -0.15) is 0 Å². The van der Waals surface area contributed by atoms with Crippen molar-refractivity contribution in [2.45, 2.75) is 20.8 Å². The summed E-state index contributed by atoms with van der Waals surface area (Å²) < 4.78 is 0. The number of likely N-dealkylation sites (N-methyl/N-ethyl adjacent to an activating group) is 1. The van der Waals surface area contributed by atoms with Crippen molar-refractivity contribution >= 4 is 23.3 Å². The van der Waals surface area contributed by atoms with Gasteiger partial charge >= 0.3 is 0 Å². The quantitative estimate of drug-likeness (QED) is 0.672.